The van der Waals surface area contributed by atoms with E-state index in [2.05, 4.69) is 5.32 Å². The molecular weight excluding hydrogens is 368 g/mol. The number of hydrogen-bond donors (Lipinski definition) is 2. The molecule has 1 aliphatic heterocycles. The summed E-state index contributed by atoms with van der Waals surface area (Å²) in [5, 5.41) is 12.9. The molecule has 1 heterocycles. The van der Waals surface area contributed by atoms with Crippen LogP contribution in [-0.2, 0) is 9.59 Å². The number of nitrogens with one attached hydrogen (secondary N) is 1. The van der Waals surface area contributed by atoms with Crippen LogP contribution >= 0.6 is 11.6 Å². The topological polar surface area (TPSA) is 86.7 Å². The Labute approximate surface area is 163 Å². The molecular formula is C20H25ClN2O4. The number of benzene rings is 1. The number of carboxylic acids is 1. The molecule has 146 valence electrons. The van der Waals surface area contributed by atoms with Gasteiger partial charge < -0.3 is 15.3 Å². The maximum absolute atomic E-state index is 13.1. The molecule has 1 aromatic carbocycles. The van der Waals surface area contributed by atoms with E-state index >= 15 is 0 Å². The predicted molar refractivity (Wildman–Crippen MR) is 101 cm³/mol. The molecule has 7 heteroatoms. The summed E-state index contributed by atoms with van der Waals surface area (Å²) in [6.07, 6.45) is 2.08. The van der Waals surface area contributed by atoms with E-state index in [1.807, 2.05) is 13.8 Å². The first-order valence-electron chi connectivity index (χ1n) is 9.36. The largest absolute Gasteiger partial charge is 0.481 e. The average molecular weight is 393 g/mol. The molecule has 1 aromatic rings. The summed E-state index contributed by atoms with van der Waals surface area (Å²) in [6, 6.07) is 5.78. The molecule has 0 spiro atoms. The van der Waals surface area contributed by atoms with Crippen molar-refractivity contribution >= 4 is 29.4 Å². The molecule has 1 saturated heterocycles. The molecule has 0 radical (unpaired) electrons. The smallest absolute Gasteiger partial charge is 0.308 e. The number of aliphatic carboxylic acids is 1. The van der Waals surface area contributed by atoms with Gasteiger partial charge >= 0.3 is 5.97 Å². The normalized spacial score (nSPS) is 23.3. The summed E-state index contributed by atoms with van der Waals surface area (Å²) in [5.41, 5.74) is 0.429. The zero-order valence-electron chi connectivity index (χ0n) is 15.5. The molecule has 2 N–H and O–H groups in total. The van der Waals surface area contributed by atoms with E-state index in [4.69, 9.17) is 11.6 Å². The Morgan fingerprint density at radius 1 is 1.15 bits per heavy atom. The number of rotatable bonds is 6. The van der Waals surface area contributed by atoms with Gasteiger partial charge in [-0.25, -0.2) is 0 Å². The minimum absolute atomic E-state index is 0.0197. The molecule has 3 atom stereocenters. The first kappa shape index (κ1) is 19.7. The van der Waals surface area contributed by atoms with E-state index in [-0.39, 0.29) is 30.2 Å². The van der Waals surface area contributed by atoms with Crippen molar-refractivity contribution in [2.24, 2.45) is 23.7 Å². The lowest BCUT2D eigenvalue weighted by Gasteiger charge is -2.27. The van der Waals surface area contributed by atoms with E-state index < -0.39 is 17.9 Å². The Morgan fingerprint density at radius 2 is 1.78 bits per heavy atom. The van der Waals surface area contributed by atoms with Crippen molar-refractivity contribution < 1.29 is 19.5 Å². The van der Waals surface area contributed by atoms with E-state index in [0.717, 1.165) is 12.8 Å². The molecule has 0 bridgehead atoms. The van der Waals surface area contributed by atoms with Crippen LogP contribution in [0.2, 0.25) is 5.02 Å². The second-order valence-electron chi connectivity index (χ2n) is 7.89. The molecule has 3 rings (SSSR count). The van der Waals surface area contributed by atoms with Crippen LogP contribution in [0, 0.1) is 23.7 Å². The monoisotopic (exact) mass is 392 g/mol. The van der Waals surface area contributed by atoms with Crippen LogP contribution in [0.4, 0.5) is 0 Å². The fourth-order valence-electron chi connectivity index (χ4n) is 3.81. The number of hydrogen-bond acceptors (Lipinski definition) is 3. The van der Waals surface area contributed by atoms with Crippen molar-refractivity contribution in [3.63, 3.8) is 0 Å². The van der Waals surface area contributed by atoms with Gasteiger partial charge in [-0.15, -0.1) is 0 Å². The summed E-state index contributed by atoms with van der Waals surface area (Å²) in [7, 11) is 0. The van der Waals surface area contributed by atoms with Crippen LogP contribution in [0.3, 0.4) is 0 Å². The van der Waals surface area contributed by atoms with Crippen molar-refractivity contribution in [1.82, 2.24) is 10.2 Å². The van der Waals surface area contributed by atoms with Crippen LogP contribution in [-0.4, -0.2) is 46.9 Å². The van der Waals surface area contributed by atoms with Gasteiger partial charge in [0.1, 0.15) is 6.04 Å². The molecule has 2 aliphatic rings. The van der Waals surface area contributed by atoms with Gasteiger partial charge in [0, 0.05) is 23.7 Å². The molecule has 27 heavy (non-hydrogen) atoms. The lowest BCUT2D eigenvalue weighted by Crippen LogP contribution is -2.50. The molecule has 2 amide bonds. The molecule has 2 fully saturated rings. The van der Waals surface area contributed by atoms with Crippen LogP contribution < -0.4 is 5.32 Å². The Balaban J connectivity index is 1.70. The number of halogens is 1. The summed E-state index contributed by atoms with van der Waals surface area (Å²) in [4.78, 5) is 38.8. The van der Waals surface area contributed by atoms with Gasteiger partial charge in [-0.3, -0.25) is 14.4 Å². The second-order valence-corrected chi connectivity index (χ2v) is 8.33. The summed E-state index contributed by atoms with van der Waals surface area (Å²) in [6.45, 7) is 4.41. The van der Waals surface area contributed by atoms with Crippen LogP contribution in [0.25, 0.3) is 0 Å². The van der Waals surface area contributed by atoms with Gasteiger partial charge in [-0.2, -0.15) is 0 Å². The van der Waals surface area contributed by atoms with E-state index in [1.165, 1.54) is 0 Å². The Kier molecular flexibility index (Phi) is 5.75. The van der Waals surface area contributed by atoms with Crippen molar-refractivity contribution in [3.05, 3.63) is 34.9 Å². The van der Waals surface area contributed by atoms with Gasteiger partial charge in [0.25, 0.3) is 5.91 Å². The SMILES string of the molecule is CC(C)C(NC(=O)c1ccc(Cl)cc1)C(=O)N1C[C@H](C(=O)O)[C@@H](C2CC2)C1. The van der Waals surface area contributed by atoms with Crippen LogP contribution in [0.15, 0.2) is 24.3 Å². The van der Waals surface area contributed by atoms with Crippen molar-refractivity contribution in [1.29, 1.82) is 0 Å². The number of carboxylic acid groups (broad SMARTS) is 1. The van der Waals surface area contributed by atoms with E-state index in [0.29, 0.717) is 23.0 Å². The zero-order chi connectivity index (χ0) is 19.7. The standard InChI is InChI=1S/C20H25ClN2O4/c1-11(2)17(22-18(24)13-5-7-14(21)8-6-13)19(25)23-9-15(12-3-4-12)16(10-23)20(26)27/h5-8,11-12,15-17H,3-4,9-10H2,1-2H3,(H,22,24)(H,26,27)/t15-,16+,17?/m1/s1. The fourth-order valence-corrected chi connectivity index (χ4v) is 3.93. The van der Waals surface area contributed by atoms with Crippen LogP contribution in [0.5, 0.6) is 0 Å². The molecule has 0 aromatic heterocycles. The quantitative estimate of drug-likeness (QED) is 0.779. The maximum Gasteiger partial charge on any atom is 0.308 e. The third kappa shape index (κ3) is 4.43. The first-order chi connectivity index (χ1) is 12.8. The molecule has 6 nitrogen and oxygen atoms in total. The van der Waals surface area contributed by atoms with E-state index in [9.17, 15) is 19.5 Å². The Morgan fingerprint density at radius 3 is 2.30 bits per heavy atom. The summed E-state index contributed by atoms with van der Waals surface area (Å²) in [5.74, 6) is -1.59. The summed E-state index contributed by atoms with van der Waals surface area (Å²) >= 11 is 5.85. The van der Waals surface area contributed by atoms with E-state index in [1.54, 1.807) is 29.2 Å². The molecule has 1 aliphatic carbocycles. The van der Waals surface area contributed by atoms with Gasteiger partial charge in [0.15, 0.2) is 0 Å². The predicted octanol–water partition coefficient (Wildman–Crippen LogP) is 2.66. The Bertz CT molecular complexity index is 730. The highest BCUT2D eigenvalue weighted by Gasteiger charge is 2.47. The highest BCUT2D eigenvalue weighted by Crippen LogP contribution is 2.44. The third-order valence-electron chi connectivity index (χ3n) is 5.55. The zero-order valence-corrected chi connectivity index (χ0v) is 16.3. The van der Waals surface area contributed by atoms with Crippen molar-refractivity contribution in [3.8, 4) is 0 Å². The fraction of sp³-hybridized carbons (Fsp3) is 0.550. The van der Waals surface area contributed by atoms with Crippen LogP contribution in [0.1, 0.15) is 37.0 Å². The van der Waals surface area contributed by atoms with Gasteiger partial charge in [0.2, 0.25) is 5.91 Å². The lowest BCUT2D eigenvalue weighted by molar-refractivity contribution is -0.142. The van der Waals surface area contributed by atoms with Gasteiger partial charge in [0.05, 0.1) is 5.92 Å². The Hall–Kier alpha value is -2.08. The van der Waals surface area contributed by atoms with Crippen molar-refractivity contribution in [2.45, 2.75) is 32.7 Å². The lowest BCUT2D eigenvalue weighted by atomic mass is 9.92. The number of likely N-dealkylation sites (tertiary alicyclic amines) is 1. The maximum atomic E-state index is 13.1. The van der Waals surface area contributed by atoms with Gasteiger partial charge in [-0.05, 0) is 54.9 Å². The average Bonchev–Trinajstić information content (AvgIpc) is 3.37. The number of carbonyl (C=O) groups excluding carboxylic acids is 2. The summed E-state index contributed by atoms with van der Waals surface area (Å²) < 4.78 is 0. The van der Waals surface area contributed by atoms with Gasteiger partial charge in [-0.1, -0.05) is 25.4 Å². The third-order valence-corrected chi connectivity index (χ3v) is 5.80. The molecule has 1 saturated carbocycles. The molecule has 1 unspecified atom stereocenters. The second kappa shape index (κ2) is 7.89. The van der Waals surface area contributed by atoms with Crippen molar-refractivity contribution in [2.75, 3.05) is 13.1 Å². The first-order valence-corrected chi connectivity index (χ1v) is 9.73. The minimum Gasteiger partial charge on any atom is -0.481 e. The highest BCUT2D eigenvalue weighted by molar-refractivity contribution is 6.30. The minimum atomic E-state index is -0.839. The highest BCUT2D eigenvalue weighted by atomic mass is 35.5. The number of carbonyl (C=O) groups is 3. The number of amides is 2. The number of nitrogens with zero attached hydrogens (tertiary/aromatic N) is 1.